The quantitative estimate of drug-likeness (QED) is 0.864. The van der Waals surface area contributed by atoms with E-state index >= 15 is 0 Å². The van der Waals surface area contributed by atoms with Crippen LogP contribution < -0.4 is 5.73 Å². The van der Waals surface area contributed by atoms with Gasteiger partial charge in [-0.05, 0) is 31.7 Å². The summed E-state index contributed by atoms with van der Waals surface area (Å²) in [6, 6.07) is 9.63. The first-order valence-corrected chi connectivity index (χ1v) is 8.60. The Bertz CT molecular complexity index is 536. The molecule has 24 heavy (non-hydrogen) atoms. The maximum atomic E-state index is 12.3. The lowest BCUT2D eigenvalue weighted by Gasteiger charge is -2.38. The van der Waals surface area contributed by atoms with Crippen LogP contribution in [0.2, 0.25) is 0 Å². The number of benzene rings is 1. The Balaban J connectivity index is 1.91. The number of carbonyl (C=O) groups excluding carboxylic acids is 2. The number of likely N-dealkylation sites (tertiary alicyclic amines) is 1. The summed E-state index contributed by atoms with van der Waals surface area (Å²) in [5, 5.41) is 0. The first kappa shape index (κ1) is 18.3. The van der Waals surface area contributed by atoms with E-state index in [4.69, 9.17) is 10.5 Å². The van der Waals surface area contributed by atoms with Gasteiger partial charge >= 0.3 is 6.09 Å². The first-order chi connectivity index (χ1) is 11.7. The van der Waals surface area contributed by atoms with Crippen molar-refractivity contribution in [2.75, 3.05) is 26.2 Å². The van der Waals surface area contributed by atoms with Crippen LogP contribution in [0.5, 0.6) is 0 Å². The van der Waals surface area contributed by atoms with E-state index in [0.717, 1.165) is 31.4 Å². The molecule has 1 saturated heterocycles. The van der Waals surface area contributed by atoms with Crippen LogP contribution in [0.1, 0.15) is 31.7 Å². The molecule has 1 fully saturated rings. The third-order valence-electron chi connectivity index (χ3n) is 4.40. The number of hydrogen-bond acceptors (Lipinski definition) is 4. The minimum atomic E-state index is -0.341. The zero-order chi connectivity index (χ0) is 17.4. The molecule has 6 heteroatoms. The Kier molecular flexibility index (Phi) is 7.06. The van der Waals surface area contributed by atoms with E-state index in [9.17, 15) is 9.59 Å². The van der Waals surface area contributed by atoms with E-state index in [1.165, 1.54) is 0 Å². The molecule has 2 rings (SSSR count). The fourth-order valence-electron chi connectivity index (χ4n) is 3.03. The van der Waals surface area contributed by atoms with Gasteiger partial charge in [0.25, 0.3) is 0 Å². The second kappa shape index (κ2) is 9.27. The summed E-state index contributed by atoms with van der Waals surface area (Å²) in [6.07, 6.45) is 2.61. The molecule has 6 nitrogen and oxygen atoms in total. The van der Waals surface area contributed by atoms with Crippen molar-refractivity contribution in [3.8, 4) is 0 Å². The smallest absolute Gasteiger partial charge is 0.410 e. The molecule has 0 radical (unpaired) electrons. The van der Waals surface area contributed by atoms with Gasteiger partial charge in [0.1, 0.15) is 6.61 Å². The Morgan fingerprint density at radius 1 is 1.29 bits per heavy atom. The lowest BCUT2D eigenvalue weighted by molar-refractivity contribution is -0.133. The molecule has 1 atom stereocenters. The van der Waals surface area contributed by atoms with Gasteiger partial charge in [0.2, 0.25) is 5.91 Å². The minimum absolute atomic E-state index is 0.0150. The third kappa shape index (κ3) is 4.96. The monoisotopic (exact) mass is 333 g/mol. The van der Waals surface area contributed by atoms with Crippen LogP contribution in [0.25, 0.3) is 0 Å². The van der Waals surface area contributed by atoms with Crippen molar-refractivity contribution in [1.82, 2.24) is 9.80 Å². The summed E-state index contributed by atoms with van der Waals surface area (Å²) in [5.74, 6) is -0.0478. The highest BCUT2D eigenvalue weighted by atomic mass is 16.6. The average Bonchev–Trinajstić information content (AvgIpc) is 2.64. The maximum Gasteiger partial charge on any atom is 0.410 e. The van der Waals surface area contributed by atoms with Crippen LogP contribution in [0.3, 0.4) is 0 Å². The zero-order valence-corrected chi connectivity index (χ0v) is 14.3. The van der Waals surface area contributed by atoms with Gasteiger partial charge in [-0.15, -0.1) is 0 Å². The van der Waals surface area contributed by atoms with E-state index in [2.05, 4.69) is 0 Å². The van der Waals surface area contributed by atoms with E-state index in [1.807, 2.05) is 42.2 Å². The molecule has 0 aliphatic carbocycles. The summed E-state index contributed by atoms with van der Waals surface area (Å²) in [6.45, 7) is 3.96. The molecule has 0 aromatic heterocycles. The maximum absolute atomic E-state index is 12.3. The summed E-state index contributed by atoms with van der Waals surface area (Å²) in [5.41, 5.74) is 6.46. The lowest BCUT2D eigenvalue weighted by Crippen LogP contribution is -2.52. The molecule has 1 aromatic rings. The summed E-state index contributed by atoms with van der Waals surface area (Å²) in [4.78, 5) is 27.8. The number of nitrogens with two attached hydrogens (primary N) is 1. The SMILES string of the molecule is CCN(C[C@@H]1CCCCN1C(=O)CN)C(=O)OCc1ccccc1. The number of piperidine rings is 1. The molecule has 1 aliphatic heterocycles. The van der Waals surface area contributed by atoms with E-state index < -0.39 is 0 Å². The predicted molar refractivity (Wildman–Crippen MR) is 92.3 cm³/mol. The number of rotatable bonds is 6. The van der Waals surface area contributed by atoms with Crippen LogP contribution >= 0.6 is 0 Å². The molecule has 1 aliphatic rings. The highest BCUT2D eigenvalue weighted by molar-refractivity contribution is 5.78. The largest absolute Gasteiger partial charge is 0.445 e. The van der Waals surface area contributed by atoms with Crippen LogP contribution in [0.4, 0.5) is 4.79 Å². The number of ether oxygens (including phenoxy) is 1. The van der Waals surface area contributed by atoms with Crippen LogP contribution in [0, 0.1) is 0 Å². The molecule has 0 spiro atoms. The molecule has 2 N–H and O–H groups in total. The normalized spacial score (nSPS) is 17.4. The highest BCUT2D eigenvalue weighted by Gasteiger charge is 2.29. The fraction of sp³-hybridized carbons (Fsp3) is 0.556. The van der Waals surface area contributed by atoms with Crippen molar-refractivity contribution in [1.29, 1.82) is 0 Å². The summed E-state index contributed by atoms with van der Waals surface area (Å²) in [7, 11) is 0. The van der Waals surface area contributed by atoms with Gasteiger partial charge in [0.15, 0.2) is 0 Å². The molecule has 1 aromatic carbocycles. The molecular formula is C18H27N3O3. The molecule has 0 unspecified atom stereocenters. The van der Waals surface area contributed by atoms with Crippen LogP contribution in [-0.4, -0.2) is 54.0 Å². The molecule has 2 amide bonds. The van der Waals surface area contributed by atoms with Crippen LogP contribution in [-0.2, 0) is 16.1 Å². The summed E-state index contributed by atoms with van der Waals surface area (Å²) < 4.78 is 5.40. The molecule has 132 valence electrons. The minimum Gasteiger partial charge on any atom is -0.445 e. The standard InChI is InChI=1S/C18H27N3O3/c1-2-20(18(23)24-14-15-8-4-3-5-9-15)13-16-10-6-7-11-21(16)17(22)12-19/h3-5,8-9,16H,2,6-7,10-14,19H2,1H3/t16-/m0/s1. The number of hydrogen-bond donors (Lipinski definition) is 1. The van der Waals surface area contributed by atoms with Gasteiger partial charge in [-0.1, -0.05) is 30.3 Å². The van der Waals surface area contributed by atoms with Crippen LogP contribution in [0.15, 0.2) is 30.3 Å². The first-order valence-electron chi connectivity index (χ1n) is 8.60. The zero-order valence-electron chi connectivity index (χ0n) is 14.3. The second-order valence-corrected chi connectivity index (χ2v) is 6.02. The molecular weight excluding hydrogens is 306 g/mol. The van der Waals surface area contributed by atoms with Gasteiger partial charge < -0.3 is 20.3 Å². The van der Waals surface area contributed by atoms with E-state index in [1.54, 1.807) is 4.90 Å². The van der Waals surface area contributed by atoms with Crippen molar-refractivity contribution in [3.05, 3.63) is 35.9 Å². The molecule has 1 heterocycles. The number of carbonyl (C=O) groups is 2. The topological polar surface area (TPSA) is 75.9 Å². The van der Waals surface area contributed by atoms with Gasteiger partial charge in [-0.3, -0.25) is 4.79 Å². The Morgan fingerprint density at radius 2 is 2.04 bits per heavy atom. The van der Waals surface area contributed by atoms with Crippen molar-refractivity contribution >= 4 is 12.0 Å². The Morgan fingerprint density at radius 3 is 2.71 bits per heavy atom. The Hall–Kier alpha value is -2.08. The summed E-state index contributed by atoms with van der Waals surface area (Å²) >= 11 is 0. The predicted octanol–water partition coefficient (Wildman–Crippen LogP) is 1.98. The Labute approximate surface area is 143 Å². The third-order valence-corrected chi connectivity index (χ3v) is 4.40. The van der Waals surface area contributed by atoms with Gasteiger partial charge in [0, 0.05) is 25.7 Å². The van der Waals surface area contributed by atoms with Crippen molar-refractivity contribution in [2.24, 2.45) is 5.73 Å². The van der Waals surface area contributed by atoms with Crippen molar-refractivity contribution in [3.63, 3.8) is 0 Å². The lowest BCUT2D eigenvalue weighted by atomic mass is 10.0. The molecule has 0 bridgehead atoms. The van der Waals surface area contributed by atoms with Gasteiger partial charge in [-0.25, -0.2) is 4.79 Å². The number of amides is 2. The molecule has 0 saturated carbocycles. The fourth-order valence-corrected chi connectivity index (χ4v) is 3.03. The highest BCUT2D eigenvalue weighted by Crippen LogP contribution is 2.18. The van der Waals surface area contributed by atoms with E-state index in [-0.39, 0.29) is 31.2 Å². The van der Waals surface area contributed by atoms with Gasteiger partial charge in [0.05, 0.1) is 6.54 Å². The van der Waals surface area contributed by atoms with Gasteiger partial charge in [-0.2, -0.15) is 0 Å². The van der Waals surface area contributed by atoms with E-state index in [0.29, 0.717) is 13.1 Å². The van der Waals surface area contributed by atoms with Crippen molar-refractivity contribution < 1.29 is 14.3 Å². The average molecular weight is 333 g/mol. The second-order valence-electron chi connectivity index (χ2n) is 6.02. The van der Waals surface area contributed by atoms with Crippen molar-refractivity contribution in [2.45, 2.75) is 38.8 Å². The number of nitrogens with zero attached hydrogens (tertiary/aromatic N) is 2. The number of likely N-dealkylation sites (N-methyl/N-ethyl adjacent to an activating group) is 1.